The van der Waals surface area contributed by atoms with Gasteiger partial charge in [0.2, 0.25) is 10.0 Å². The number of sulfonamides is 1. The Kier molecular flexibility index (Phi) is 6.09. The first kappa shape index (κ1) is 20.8. The van der Waals surface area contributed by atoms with Crippen LogP contribution in [0, 0.1) is 0 Å². The number of hydrogen-bond donors (Lipinski definition) is 0. The lowest BCUT2D eigenvalue weighted by molar-refractivity contribution is -0.135. The van der Waals surface area contributed by atoms with Crippen molar-refractivity contribution in [3.8, 4) is 0 Å². The lowest BCUT2D eigenvalue weighted by atomic mass is 10.1. The van der Waals surface area contributed by atoms with E-state index in [0.717, 1.165) is 22.4 Å². The smallest absolute Gasteiger partial charge is 0.340 e. The summed E-state index contributed by atoms with van der Waals surface area (Å²) in [4.78, 5) is 27.6. The maximum absolute atomic E-state index is 12.4. The summed E-state index contributed by atoms with van der Waals surface area (Å²) in [5, 5.41) is 2.05. The summed E-state index contributed by atoms with van der Waals surface area (Å²) in [5.41, 5.74) is 1.01. The van der Waals surface area contributed by atoms with Crippen LogP contribution in [0.1, 0.15) is 20.8 Å². The number of nitrogens with zero attached hydrogens (tertiary/aromatic N) is 2. The van der Waals surface area contributed by atoms with Crippen molar-refractivity contribution in [1.29, 1.82) is 0 Å². The zero-order valence-electron chi connectivity index (χ0n) is 15.3. The van der Waals surface area contributed by atoms with Gasteiger partial charge in [0.05, 0.1) is 15.5 Å². The van der Waals surface area contributed by atoms with Gasteiger partial charge >= 0.3 is 5.97 Å². The summed E-state index contributed by atoms with van der Waals surface area (Å²) in [7, 11) is -0.954. The number of esters is 1. The van der Waals surface area contributed by atoms with Gasteiger partial charge in [-0.15, -0.1) is 11.3 Å². The molecular formula is C18H19ClN2O5S2. The second kappa shape index (κ2) is 8.20. The minimum Gasteiger partial charge on any atom is -0.452 e. The fourth-order valence-electron chi connectivity index (χ4n) is 2.79. The van der Waals surface area contributed by atoms with Gasteiger partial charge in [0.1, 0.15) is 0 Å². The number of carbonyl (C=O) groups excluding carboxylic acids is 2. The molecule has 0 fully saturated rings. The van der Waals surface area contributed by atoms with Crippen molar-refractivity contribution in [2.24, 2.45) is 0 Å². The first-order valence-corrected chi connectivity index (χ1v) is 11.1. The summed E-state index contributed by atoms with van der Waals surface area (Å²) < 4.78 is 30.6. The van der Waals surface area contributed by atoms with E-state index in [1.807, 2.05) is 11.4 Å². The summed E-state index contributed by atoms with van der Waals surface area (Å²) in [5.74, 6) is -1.15. The zero-order chi connectivity index (χ0) is 20.5. The first-order valence-electron chi connectivity index (χ1n) is 8.42. The molecule has 1 aliphatic heterocycles. The molecule has 150 valence electrons. The fourth-order valence-corrected chi connectivity index (χ4v) is 4.80. The molecule has 1 amide bonds. The molecule has 7 nitrogen and oxygen atoms in total. The van der Waals surface area contributed by atoms with E-state index >= 15 is 0 Å². The minimum absolute atomic E-state index is 0.0519. The molecule has 0 saturated heterocycles. The van der Waals surface area contributed by atoms with Crippen molar-refractivity contribution < 1.29 is 22.7 Å². The molecule has 2 aromatic rings. The Labute approximate surface area is 172 Å². The Hall–Kier alpha value is -1.94. The largest absolute Gasteiger partial charge is 0.452 e. The molecule has 3 rings (SSSR count). The number of fused-ring (bicyclic) bond motifs is 1. The molecular weight excluding hydrogens is 424 g/mol. The van der Waals surface area contributed by atoms with E-state index in [1.54, 1.807) is 16.2 Å². The highest BCUT2D eigenvalue weighted by molar-refractivity contribution is 7.89. The number of halogens is 1. The lowest BCUT2D eigenvalue weighted by Crippen LogP contribution is -2.38. The molecule has 1 aromatic carbocycles. The molecule has 0 bridgehead atoms. The Morgan fingerprint density at radius 2 is 2.04 bits per heavy atom. The van der Waals surface area contributed by atoms with E-state index < -0.39 is 22.6 Å². The van der Waals surface area contributed by atoms with E-state index in [0.29, 0.717) is 13.1 Å². The molecule has 10 heteroatoms. The highest BCUT2D eigenvalue weighted by Gasteiger charge is 2.24. The van der Waals surface area contributed by atoms with E-state index in [-0.39, 0.29) is 21.4 Å². The molecule has 0 spiro atoms. The van der Waals surface area contributed by atoms with Crippen LogP contribution >= 0.6 is 22.9 Å². The molecule has 0 aliphatic carbocycles. The van der Waals surface area contributed by atoms with Gasteiger partial charge in [-0.2, -0.15) is 0 Å². The Morgan fingerprint density at radius 3 is 2.75 bits per heavy atom. The second-order valence-corrected chi connectivity index (χ2v) is 10.00. The van der Waals surface area contributed by atoms with Gasteiger partial charge < -0.3 is 9.64 Å². The maximum atomic E-state index is 12.4. The fraction of sp³-hybridized carbons (Fsp3) is 0.333. The van der Waals surface area contributed by atoms with Crippen molar-refractivity contribution in [3.05, 3.63) is 50.7 Å². The number of rotatable bonds is 5. The Morgan fingerprint density at radius 1 is 1.29 bits per heavy atom. The highest BCUT2D eigenvalue weighted by atomic mass is 35.5. The third-order valence-corrected chi connectivity index (χ3v) is 7.59. The van der Waals surface area contributed by atoms with Crippen LogP contribution in [0.15, 0.2) is 34.5 Å². The third kappa shape index (κ3) is 4.22. The zero-order valence-corrected chi connectivity index (χ0v) is 17.7. The van der Waals surface area contributed by atoms with Gasteiger partial charge in [-0.25, -0.2) is 17.5 Å². The number of hydrogen-bond acceptors (Lipinski definition) is 6. The van der Waals surface area contributed by atoms with Crippen LogP contribution in [-0.4, -0.2) is 56.7 Å². The van der Waals surface area contributed by atoms with Crippen LogP contribution in [0.3, 0.4) is 0 Å². The molecule has 0 N–H and O–H groups in total. The van der Waals surface area contributed by atoms with Gasteiger partial charge in [0.25, 0.3) is 5.91 Å². The summed E-state index contributed by atoms with van der Waals surface area (Å²) in [6.45, 7) is 0.632. The average Bonchev–Trinajstić information content (AvgIpc) is 3.13. The standard InChI is InChI=1S/C18H19ClN2O5S2/c1-20(2)28(24,25)13-3-4-15(19)14(9-13)18(23)26-11-17(22)21-7-5-16-12(10-21)6-8-27-16/h3-4,6,8-9H,5,7,10-11H2,1-2H3. The van der Waals surface area contributed by atoms with Gasteiger partial charge in [-0.1, -0.05) is 11.6 Å². The molecule has 28 heavy (non-hydrogen) atoms. The second-order valence-electron chi connectivity index (χ2n) is 6.44. The lowest BCUT2D eigenvalue weighted by Gasteiger charge is -2.26. The summed E-state index contributed by atoms with van der Waals surface area (Å²) in [6, 6.07) is 5.77. The van der Waals surface area contributed by atoms with E-state index in [1.165, 1.54) is 31.1 Å². The molecule has 2 heterocycles. The molecule has 1 aromatic heterocycles. The maximum Gasteiger partial charge on any atom is 0.340 e. The van der Waals surface area contributed by atoms with Gasteiger partial charge in [0, 0.05) is 32.1 Å². The SMILES string of the molecule is CN(C)S(=O)(=O)c1ccc(Cl)c(C(=O)OCC(=O)N2CCc3sccc3C2)c1. The van der Waals surface area contributed by atoms with Crippen LogP contribution in [0.2, 0.25) is 5.02 Å². The number of thiophene rings is 1. The van der Waals surface area contributed by atoms with Crippen molar-refractivity contribution in [3.63, 3.8) is 0 Å². The number of carbonyl (C=O) groups is 2. The predicted molar refractivity (Wildman–Crippen MR) is 106 cm³/mol. The van der Waals surface area contributed by atoms with Crippen LogP contribution in [-0.2, 0) is 32.5 Å². The highest BCUT2D eigenvalue weighted by Crippen LogP contribution is 2.25. The molecule has 1 aliphatic rings. The van der Waals surface area contributed by atoms with Gasteiger partial charge in [-0.05, 0) is 41.6 Å². The summed E-state index contributed by atoms with van der Waals surface area (Å²) in [6.07, 6.45) is 0.781. The van der Waals surface area contributed by atoms with E-state index in [2.05, 4.69) is 0 Å². The van der Waals surface area contributed by atoms with Gasteiger partial charge in [0.15, 0.2) is 6.61 Å². The predicted octanol–water partition coefficient (Wildman–Crippen LogP) is 2.39. The van der Waals surface area contributed by atoms with Crippen LogP contribution in [0.25, 0.3) is 0 Å². The third-order valence-electron chi connectivity index (χ3n) is 4.42. The normalized spacial score (nSPS) is 14.1. The van der Waals surface area contributed by atoms with E-state index in [4.69, 9.17) is 16.3 Å². The van der Waals surface area contributed by atoms with Crippen LogP contribution in [0.5, 0.6) is 0 Å². The van der Waals surface area contributed by atoms with Crippen LogP contribution < -0.4 is 0 Å². The Bertz CT molecular complexity index is 1020. The topological polar surface area (TPSA) is 84.0 Å². The minimum atomic E-state index is -3.73. The van der Waals surface area contributed by atoms with Crippen LogP contribution in [0.4, 0.5) is 0 Å². The number of benzene rings is 1. The van der Waals surface area contributed by atoms with Crippen molar-refractivity contribution in [1.82, 2.24) is 9.21 Å². The first-order chi connectivity index (χ1) is 13.2. The number of ether oxygens (including phenoxy) is 1. The van der Waals surface area contributed by atoms with E-state index in [9.17, 15) is 18.0 Å². The molecule has 0 atom stereocenters. The monoisotopic (exact) mass is 442 g/mol. The van der Waals surface area contributed by atoms with Crippen molar-refractivity contribution in [2.45, 2.75) is 17.9 Å². The molecule has 0 radical (unpaired) electrons. The average molecular weight is 443 g/mol. The quantitative estimate of drug-likeness (QED) is 0.664. The van der Waals surface area contributed by atoms with Gasteiger partial charge in [-0.3, -0.25) is 4.79 Å². The summed E-state index contributed by atoms with van der Waals surface area (Å²) >= 11 is 7.70. The van der Waals surface area contributed by atoms with Crippen molar-refractivity contribution in [2.75, 3.05) is 27.2 Å². The molecule has 0 saturated carbocycles. The molecule has 0 unspecified atom stereocenters. The Balaban J connectivity index is 1.67. The number of amides is 1. The van der Waals surface area contributed by atoms with Crippen molar-refractivity contribution >= 4 is 44.8 Å².